The number of guanidine groups is 1. The smallest absolute Gasteiger partial charge is 0.269 e. The van der Waals surface area contributed by atoms with Crippen molar-refractivity contribution in [2.75, 3.05) is 19.7 Å². The SMILES string of the molecule is NC(N)=NCCCCCCNC(=O)/C(Cc1cc(Br)c(OCCc2ccccn2)c(Br)c1)=N\O. The Morgan fingerprint density at radius 1 is 1.12 bits per heavy atom. The molecule has 0 saturated carbocycles. The number of nitrogens with two attached hydrogens (primary N) is 2. The molecule has 0 atom stereocenters. The number of hydrogen-bond donors (Lipinski definition) is 4. The number of ether oxygens (including phenoxy) is 1. The summed E-state index contributed by atoms with van der Waals surface area (Å²) in [5.41, 5.74) is 12.3. The second kappa shape index (κ2) is 15.3. The summed E-state index contributed by atoms with van der Waals surface area (Å²) in [6.45, 7) is 1.57. The van der Waals surface area contributed by atoms with Gasteiger partial charge in [0.1, 0.15) is 11.5 Å². The number of halogens is 2. The number of pyridine rings is 1. The predicted molar refractivity (Wildman–Crippen MR) is 140 cm³/mol. The third-order valence-corrected chi connectivity index (χ3v) is 5.99. The number of nitrogens with zero attached hydrogens (tertiary/aromatic N) is 3. The largest absolute Gasteiger partial charge is 0.491 e. The molecule has 0 saturated heterocycles. The van der Waals surface area contributed by atoms with Crippen molar-refractivity contribution >= 4 is 49.4 Å². The minimum Gasteiger partial charge on any atom is -0.491 e. The first-order chi connectivity index (χ1) is 16.4. The molecule has 0 spiro atoms. The van der Waals surface area contributed by atoms with E-state index >= 15 is 0 Å². The maximum Gasteiger partial charge on any atom is 0.269 e. The van der Waals surface area contributed by atoms with Crippen LogP contribution in [0.15, 0.2) is 55.6 Å². The van der Waals surface area contributed by atoms with Crippen molar-refractivity contribution in [2.45, 2.75) is 38.5 Å². The third-order valence-electron chi connectivity index (χ3n) is 4.81. The van der Waals surface area contributed by atoms with Crippen molar-refractivity contribution in [1.29, 1.82) is 0 Å². The van der Waals surface area contributed by atoms with Crippen molar-refractivity contribution in [3.63, 3.8) is 0 Å². The topological polar surface area (TPSA) is 148 Å². The number of nitrogens with one attached hydrogen (secondary N) is 1. The third kappa shape index (κ3) is 10.1. The number of benzene rings is 1. The summed E-state index contributed by atoms with van der Waals surface area (Å²) in [6, 6.07) is 9.45. The van der Waals surface area contributed by atoms with E-state index in [1.165, 1.54) is 0 Å². The summed E-state index contributed by atoms with van der Waals surface area (Å²) in [5, 5.41) is 15.4. The highest BCUT2D eigenvalue weighted by molar-refractivity contribution is 9.11. The second-order valence-corrected chi connectivity index (χ2v) is 9.22. The molecule has 0 radical (unpaired) electrons. The van der Waals surface area contributed by atoms with Gasteiger partial charge in [-0.3, -0.25) is 14.8 Å². The molecule has 9 nitrogen and oxygen atoms in total. The summed E-state index contributed by atoms with van der Waals surface area (Å²) < 4.78 is 7.37. The molecule has 11 heteroatoms. The molecule has 0 unspecified atom stereocenters. The number of carbonyl (C=O) groups is 1. The minimum atomic E-state index is -0.397. The molecule has 0 bridgehead atoms. The van der Waals surface area contributed by atoms with Gasteiger partial charge in [0.25, 0.3) is 5.91 Å². The maximum absolute atomic E-state index is 12.4. The van der Waals surface area contributed by atoms with E-state index in [4.69, 9.17) is 16.2 Å². The lowest BCUT2D eigenvalue weighted by Gasteiger charge is -2.13. The molecule has 1 heterocycles. The van der Waals surface area contributed by atoms with Crippen LogP contribution >= 0.6 is 31.9 Å². The van der Waals surface area contributed by atoms with Crippen LogP contribution < -0.4 is 21.5 Å². The predicted octanol–water partition coefficient (Wildman–Crippen LogP) is 3.55. The van der Waals surface area contributed by atoms with Crippen LogP contribution in [0.25, 0.3) is 0 Å². The van der Waals surface area contributed by atoms with Crippen LogP contribution in [-0.4, -0.2) is 47.5 Å². The molecule has 0 aliphatic carbocycles. The normalized spacial score (nSPS) is 11.2. The Balaban J connectivity index is 1.79. The fourth-order valence-electron chi connectivity index (χ4n) is 3.11. The fraction of sp³-hybridized carbons (Fsp3) is 0.391. The van der Waals surface area contributed by atoms with E-state index in [1.807, 2.05) is 30.3 Å². The van der Waals surface area contributed by atoms with Crippen molar-refractivity contribution in [3.05, 3.63) is 56.7 Å². The number of unbranched alkanes of at least 4 members (excludes halogenated alkanes) is 3. The highest BCUT2D eigenvalue weighted by atomic mass is 79.9. The molecule has 0 aliphatic heterocycles. The molecule has 1 aromatic carbocycles. The average Bonchev–Trinajstić information content (AvgIpc) is 2.81. The van der Waals surface area contributed by atoms with Gasteiger partial charge in [-0.05, 0) is 74.5 Å². The molecule has 6 N–H and O–H groups in total. The van der Waals surface area contributed by atoms with Crippen molar-refractivity contribution in [2.24, 2.45) is 21.6 Å². The van der Waals surface area contributed by atoms with Gasteiger partial charge in [0.15, 0.2) is 5.96 Å². The Kier molecular flexibility index (Phi) is 12.4. The molecule has 0 fully saturated rings. The van der Waals surface area contributed by atoms with Gasteiger partial charge in [0.2, 0.25) is 0 Å². The monoisotopic (exact) mass is 596 g/mol. The van der Waals surface area contributed by atoms with Crippen LogP contribution in [-0.2, 0) is 17.6 Å². The molecule has 2 rings (SSSR count). The average molecular weight is 598 g/mol. The molecule has 1 aromatic heterocycles. The molecule has 34 heavy (non-hydrogen) atoms. The first-order valence-electron chi connectivity index (χ1n) is 11.0. The van der Waals surface area contributed by atoms with E-state index in [0.717, 1.165) is 45.9 Å². The Morgan fingerprint density at radius 2 is 1.85 bits per heavy atom. The maximum atomic E-state index is 12.4. The minimum absolute atomic E-state index is 0.0374. The van der Waals surface area contributed by atoms with Gasteiger partial charge in [0.05, 0.1) is 15.6 Å². The first kappa shape index (κ1) is 27.6. The Hall–Kier alpha value is -2.66. The van der Waals surface area contributed by atoms with Crippen LogP contribution in [0.1, 0.15) is 36.9 Å². The zero-order chi connectivity index (χ0) is 24.8. The Morgan fingerprint density at radius 3 is 2.50 bits per heavy atom. The first-order valence-corrected chi connectivity index (χ1v) is 12.5. The van der Waals surface area contributed by atoms with Crippen molar-refractivity contribution < 1.29 is 14.7 Å². The van der Waals surface area contributed by atoms with E-state index in [9.17, 15) is 10.0 Å². The Labute approximate surface area is 216 Å². The van der Waals surface area contributed by atoms with Crippen LogP contribution in [0, 0.1) is 0 Å². The van der Waals surface area contributed by atoms with Gasteiger partial charge < -0.3 is 26.7 Å². The molecule has 0 aliphatic rings. The van der Waals surface area contributed by atoms with Gasteiger partial charge in [-0.15, -0.1) is 0 Å². The number of aromatic nitrogens is 1. The number of rotatable bonds is 14. The lowest BCUT2D eigenvalue weighted by Crippen LogP contribution is -2.33. The van der Waals surface area contributed by atoms with Gasteiger partial charge in [0, 0.05) is 37.8 Å². The van der Waals surface area contributed by atoms with E-state index in [0.29, 0.717) is 31.9 Å². The zero-order valence-corrected chi connectivity index (χ0v) is 22.0. The lowest BCUT2D eigenvalue weighted by atomic mass is 10.1. The highest BCUT2D eigenvalue weighted by Crippen LogP contribution is 2.35. The van der Waals surface area contributed by atoms with E-state index in [1.54, 1.807) is 6.20 Å². The molecule has 184 valence electrons. The lowest BCUT2D eigenvalue weighted by molar-refractivity contribution is -0.115. The number of hydrogen-bond acceptors (Lipinski definition) is 6. The van der Waals surface area contributed by atoms with E-state index < -0.39 is 5.91 Å². The zero-order valence-electron chi connectivity index (χ0n) is 18.8. The fourth-order valence-corrected chi connectivity index (χ4v) is 4.62. The number of carbonyl (C=O) groups excluding carboxylic acids is 1. The van der Waals surface area contributed by atoms with Gasteiger partial charge >= 0.3 is 0 Å². The van der Waals surface area contributed by atoms with Crippen molar-refractivity contribution in [3.8, 4) is 5.75 Å². The van der Waals surface area contributed by atoms with E-state index in [2.05, 4.69) is 52.3 Å². The number of aliphatic imine (C=N–C) groups is 1. The van der Waals surface area contributed by atoms with Gasteiger partial charge in [-0.2, -0.15) is 0 Å². The van der Waals surface area contributed by atoms with Crippen LogP contribution in [0.5, 0.6) is 5.75 Å². The summed E-state index contributed by atoms with van der Waals surface area (Å²) in [4.78, 5) is 20.6. The van der Waals surface area contributed by atoms with Gasteiger partial charge in [-0.25, -0.2) is 0 Å². The molecular weight excluding hydrogens is 568 g/mol. The summed E-state index contributed by atoms with van der Waals surface area (Å²) >= 11 is 7.05. The van der Waals surface area contributed by atoms with Crippen LogP contribution in [0.4, 0.5) is 0 Å². The number of amides is 1. The highest BCUT2D eigenvalue weighted by Gasteiger charge is 2.16. The summed E-state index contributed by atoms with van der Waals surface area (Å²) in [7, 11) is 0. The molecule has 1 amide bonds. The van der Waals surface area contributed by atoms with E-state index in [-0.39, 0.29) is 18.1 Å². The second-order valence-electron chi connectivity index (χ2n) is 7.51. The summed E-state index contributed by atoms with van der Waals surface area (Å²) in [5.74, 6) is 0.363. The van der Waals surface area contributed by atoms with Crippen molar-refractivity contribution in [1.82, 2.24) is 10.3 Å². The standard InChI is InChI=1S/C23H30Br2N6O3/c24-18-13-16(14-19(25)21(18)34-12-8-17-7-3-6-9-28-17)15-20(31-33)22(32)29-10-4-1-2-5-11-30-23(26)27/h3,6-7,9,13-14,33H,1-2,4-5,8,10-12,15H2,(H,29,32)(H4,26,27,30)/b31-20-. The summed E-state index contributed by atoms with van der Waals surface area (Å²) in [6.07, 6.45) is 6.21. The van der Waals surface area contributed by atoms with Crippen LogP contribution in [0.3, 0.4) is 0 Å². The molecule has 2 aromatic rings. The van der Waals surface area contributed by atoms with Crippen LogP contribution in [0.2, 0.25) is 0 Å². The van der Waals surface area contributed by atoms with Gasteiger partial charge in [-0.1, -0.05) is 24.1 Å². The number of oxime groups is 1. The Bertz CT molecular complexity index is 959. The molecular formula is C23H30Br2N6O3. The quantitative estimate of drug-likeness (QED) is 0.0860.